The lowest BCUT2D eigenvalue weighted by Gasteiger charge is -2.23. The Balaban J connectivity index is 2.09. The summed E-state index contributed by atoms with van der Waals surface area (Å²) in [5, 5.41) is 5.69. The Hall–Kier alpha value is -3.02. The van der Waals surface area contributed by atoms with Crippen molar-refractivity contribution in [3.8, 4) is 12.3 Å². The first-order valence-electron chi connectivity index (χ1n) is 8.81. The zero-order valence-corrected chi connectivity index (χ0v) is 15.3. The number of terminal acetylenes is 1. The lowest BCUT2D eigenvalue weighted by molar-refractivity contribution is 0.690. The minimum absolute atomic E-state index is 0.0283. The van der Waals surface area contributed by atoms with Crippen molar-refractivity contribution in [1.29, 1.82) is 0 Å². The van der Waals surface area contributed by atoms with Gasteiger partial charge in [0.15, 0.2) is 0 Å². The van der Waals surface area contributed by atoms with Crippen LogP contribution in [0.1, 0.15) is 34.7 Å². The van der Waals surface area contributed by atoms with E-state index >= 15 is 0 Å². The minimum atomic E-state index is 0.0283. The van der Waals surface area contributed by atoms with E-state index in [9.17, 15) is 0 Å². The monoisotopic (exact) mass is 340 g/mol. The summed E-state index contributed by atoms with van der Waals surface area (Å²) >= 11 is 0. The van der Waals surface area contributed by atoms with Crippen molar-refractivity contribution in [2.45, 2.75) is 19.4 Å². The normalized spacial score (nSPS) is 12.3. The SMILES string of the molecule is C#CC/C=C\c1cccc(C(NC)c2ccc3ccccc3c2N)c1C. The highest BCUT2D eigenvalue weighted by Gasteiger charge is 2.18. The first kappa shape index (κ1) is 17.8. The van der Waals surface area contributed by atoms with Gasteiger partial charge in [-0.2, -0.15) is 0 Å². The molecule has 1 atom stereocenters. The van der Waals surface area contributed by atoms with Crippen LogP contribution < -0.4 is 11.1 Å². The second-order valence-corrected chi connectivity index (χ2v) is 6.38. The third-order valence-electron chi connectivity index (χ3n) is 4.87. The number of fused-ring (bicyclic) bond motifs is 1. The molecule has 0 fully saturated rings. The van der Waals surface area contributed by atoms with Crippen molar-refractivity contribution in [1.82, 2.24) is 5.32 Å². The Morgan fingerprint density at radius 2 is 1.88 bits per heavy atom. The number of nitrogens with one attached hydrogen (secondary N) is 1. The van der Waals surface area contributed by atoms with E-state index in [1.807, 2.05) is 25.3 Å². The van der Waals surface area contributed by atoms with Crippen molar-refractivity contribution in [2.75, 3.05) is 12.8 Å². The van der Waals surface area contributed by atoms with Crippen molar-refractivity contribution in [3.05, 3.63) is 82.9 Å². The molecule has 0 aliphatic carbocycles. The third kappa shape index (κ3) is 3.35. The number of benzene rings is 3. The summed E-state index contributed by atoms with van der Waals surface area (Å²) in [5.74, 6) is 2.64. The van der Waals surface area contributed by atoms with E-state index in [1.54, 1.807) is 0 Å². The smallest absolute Gasteiger partial charge is 0.0597 e. The van der Waals surface area contributed by atoms with Crippen LogP contribution in [0.25, 0.3) is 16.8 Å². The average molecular weight is 340 g/mol. The number of allylic oxidation sites excluding steroid dienone is 1. The quantitative estimate of drug-likeness (QED) is 0.502. The fourth-order valence-corrected chi connectivity index (χ4v) is 3.46. The van der Waals surface area contributed by atoms with Gasteiger partial charge in [0.25, 0.3) is 0 Å². The van der Waals surface area contributed by atoms with E-state index in [1.165, 1.54) is 16.7 Å². The predicted molar refractivity (Wildman–Crippen MR) is 113 cm³/mol. The molecule has 0 spiro atoms. The predicted octanol–water partition coefficient (Wildman–Crippen LogP) is 5.08. The number of nitrogens with two attached hydrogens (primary N) is 1. The van der Waals surface area contributed by atoms with Gasteiger partial charge in [-0.15, -0.1) is 12.3 Å². The summed E-state index contributed by atoms with van der Waals surface area (Å²) in [6, 6.07) is 18.9. The standard InChI is InChI=1S/C24H24N2/c1-4-5-6-10-18-12-9-14-20(17(18)2)24(26-3)22-16-15-19-11-7-8-13-21(19)23(22)25/h1,6-16,24,26H,5,25H2,2-3H3/b10-6-. The van der Waals surface area contributed by atoms with Crippen molar-refractivity contribution < 1.29 is 0 Å². The molecule has 3 N–H and O–H groups in total. The molecule has 2 heteroatoms. The van der Waals surface area contributed by atoms with E-state index < -0.39 is 0 Å². The van der Waals surface area contributed by atoms with Gasteiger partial charge in [-0.3, -0.25) is 0 Å². The van der Waals surface area contributed by atoms with Gasteiger partial charge < -0.3 is 11.1 Å². The summed E-state index contributed by atoms with van der Waals surface area (Å²) in [6.07, 6.45) is 10.1. The molecule has 0 amide bonds. The molecular formula is C24H24N2. The summed E-state index contributed by atoms with van der Waals surface area (Å²) < 4.78 is 0. The summed E-state index contributed by atoms with van der Waals surface area (Å²) in [5.41, 5.74) is 12.1. The maximum Gasteiger partial charge on any atom is 0.0597 e. The highest BCUT2D eigenvalue weighted by Crippen LogP contribution is 2.34. The molecule has 2 nitrogen and oxygen atoms in total. The summed E-state index contributed by atoms with van der Waals surface area (Å²) in [7, 11) is 1.97. The van der Waals surface area contributed by atoms with E-state index in [0.717, 1.165) is 22.0 Å². The molecule has 130 valence electrons. The maximum absolute atomic E-state index is 6.54. The molecule has 26 heavy (non-hydrogen) atoms. The molecule has 3 aromatic rings. The second-order valence-electron chi connectivity index (χ2n) is 6.38. The summed E-state index contributed by atoms with van der Waals surface area (Å²) in [4.78, 5) is 0. The number of hydrogen-bond acceptors (Lipinski definition) is 2. The lowest BCUT2D eigenvalue weighted by atomic mass is 9.90. The van der Waals surface area contributed by atoms with Crippen LogP contribution in [0.2, 0.25) is 0 Å². The van der Waals surface area contributed by atoms with E-state index in [-0.39, 0.29) is 6.04 Å². The summed E-state index contributed by atoms with van der Waals surface area (Å²) in [6.45, 7) is 2.15. The molecule has 0 aliphatic rings. The molecule has 3 aromatic carbocycles. The molecule has 3 rings (SSSR count). The van der Waals surface area contributed by atoms with Gasteiger partial charge in [0.2, 0.25) is 0 Å². The van der Waals surface area contributed by atoms with Gasteiger partial charge >= 0.3 is 0 Å². The highest BCUT2D eigenvalue weighted by atomic mass is 14.9. The molecule has 0 saturated carbocycles. The molecule has 0 aliphatic heterocycles. The zero-order chi connectivity index (χ0) is 18.5. The van der Waals surface area contributed by atoms with Crippen LogP contribution in [0.4, 0.5) is 5.69 Å². The Morgan fingerprint density at radius 3 is 2.65 bits per heavy atom. The van der Waals surface area contributed by atoms with Gasteiger partial charge in [0.1, 0.15) is 0 Å². The molecule has 0 bridgehead atoms. The molecule has 0 saturated heterocycles. The Labute approximate surface area is 155 Å². The van der Waals surface area contributed by atoms with Crippen molar-refractivity contribution in [3.63, 3.8) is 0 Å². The van der Waals surface area contributed by atoms with E-state index in [2.05, 4.69) is 66.7 Å². The van der Waals surface area contributed by atoms with Crippen LogP contribution in [0.15, 0.2) is 60.7 Å². The first-order chi connectivity index (χ1) is 12.7. The van der Waals surface area contributed by atoms with Gasteiger partial charge in [-0.1, -0.05) is 66.7 Å². The number of hydrogen-bond donors (Lipinski definition) is 2. The molecule has 0 radical (unpaired) electrons. The Kier molecular flexibility index (Phi) is 5.41. The maximum atomic E-state index is 6.54. The largest absolute Gasteiger partial charge is 0.398 e. The van der Waals surface area contributed by atoms with Crippen molar-refractivity contribution >= 4 is 22.5 Å². The number of nitrogen functional groups attached to an aromatic ring is 1. The van der Waals surface area contributed by atoms with Gasteiger partial charge in [0.05, 0.1) is 6.04 Å². The Morgan fingerprint density at radius 1 is 1.08 bits per heavy atom. The van der Waals surface area contributed by atoms with E-state index in [4.69, 9.17) is 12.2 Å². The molecule has 0 aromatic heterocycles. The molecule has 0 heterocycles. The van der Waals surface area contributed by atoms with Crippen LogP contribution in [-0.4, -0.2) is 7.05 Å². The molecule has 1 unspecified atom stereocenters. The van der Waals surface area contributed by atoms with Gasteiger partial charge in [0, 0.05) is 17.5 Å². The molecular weight excluding hydrogens is 316 g/mol. The number of anilines is 1. The van der Waals surface area contributed by atoms with Crippen LogP contribution in [-0.2, 0) is 0 Å². The van der Waals surface area contributed by atoms with Gasteiger partial charge in [-0.25, -0.2) is 0 Å². The van der Waals surface area contributed by atoms with Gasteiger partial charge in [-0.05, 0) is 41.6 Å². The van der Waals surface area contributed by atoms with Crippen molar-refractivity contribution in [2.24, 2.45) is 0 Å². The first-order valence-corrected chi connectivity index (χ1v) is 8.81. The van der Waals surface area contributed by atoms with Crippen LogP contribution in [0.3, 0.4) is 0 Å². The minimum Gasteiger partial charge on any atom is -0.398 e. The topological polar surface area (TPSA) is 38.0 Å². The zero-order valence-electron chi connectivity index (χ0n) is 15.3. The van der Waals surface area contributed by atoms with Crippen LogP contribution in [0, 0.1) is 19.3 Å². The second kappa shape index (κ2) is 7.91. The van der Waals surface area contributed by atoms with E-state index in [0.29, 0.717) is 6.42 Å². The lowest BCUT2D eigenvalue weighted by Crippen LogP contribution is -2.20. The highest BCUT2D eigenvalue weighted by molar-refractivity contribution is 5.94. The Bertz CT molecular complexity index is 993. The van der Waals surface area contributed by atoms with Crippen LogP contribution >= 0.6 is 0 Å². The fourth-order valence-electron chi connectivity index (χ4n) is 3.46. The fraction of sp³-hybridized carbons (Fsp3) is 0.167. The third-order valence-corrected chi connectivity index (χ3v) is 4.87. The van der Waals surface area contributed by atoms with Crippen LogP contribution in [0.5, 0.6) is 0 Å². The average Bonchev–Trinajstić information content (AvgIpc) is 2.67. The number of rotatable bonds is 5.